The molecule has 4 heterocycles. The second-order valence-corrected chi connectivity index (χ2v) is 8.36. The Balaban J connectivity index is 1.41. The maximum absolute atomic E-state index is 15.5. The van der Waals surface area contributed by atoms with Crippen LogP contribution in [-0.4, -0.2) is 30.6 Å². The third-order valence-electron chi connectivity index (χ3n) is 6.19. The van der Waals surface area contributed by atoms with E-state index in [9.17, 15) is 4.79 Å². The highest BCUT2D eigenvalue weighted by Crippen LogP contribution is 2.45. The highest BCUT2D eigenvalue weighted by molar-refractivity contribution is 5.97. The second-order valence-electron chi connectivity index (χ2n) is 8.36. The van der Waals surface area contributed by atoms with Gasteiger partial charge in [0.05, 0.1) is 17.8 Å². The molecule has 1 amide bonds. The fourth-order valence-corrected chi connectivity index (χ4v) is 4.52. The Kier molecular flexibility index (Phi) is 3.93. The van der Waals surface area contributed by atoms with Gasteiger partial charge in [0.1, 0.15) is 5.82 Å². The summed E-state index contributed by atoms with van der Waals surface area (Å²) in [6.07, 6.45) is 7.40. The molecule has 31 heavy (non-hydrogen) atoms. The molecule has 3 aromatic heterocycles. The summed E-state index contributed by atoms with van der Waals surface area (Å²) in [5.41, 5.74) is 5.37. The minimum absolute atomic E-state index is 0.0838. The van der Waals surface area contributed by atoms with Gasteiger partial charge in [-0.05, 0) is 59.7 Å². The van der Waals surface area contributed by atoms with E-state index in [0.717, 1.165) is 40.6 Å². The van der Waals surface area contributed by atoms with Crippen LogP contribution in [0.25, 0.3) is 22.2 Å². The van der Waals surface area contributed by atoms with Gasteiger partial charge in [-0.25, -0.2) is 9.37 Å². The Hall–Kier alpha value is -3.61. The number of hydrogen-bond acceptors (Lipinski definition) is 4. The quantitative estimate of drug-likeness (QED) is 0.503. The van der Waals surface area contributed by atoms with Gasteiger partial charge >= 0.3 is 0 Å². The number of fused-ring (bicyclic) bond motifs is 2. The van der Waals surface area contributed by atoms with Crippen LogP contribution in [0.15, 0.2) is 48.9 Å². The van der Waals surface area contributed by atoms with Gasteiger partial charge in [-0.1, -0.05) is 6.07 Å². The Morgan fingerprint density at radius 3 is 2.81 bits per heavy atom. The van der Waals surface area contributed by atoms with Crippen LogP contribution in [0.4, 0.5) is 4.39 Å². The molecule has 154 valence electrons. The average molecular weight is 413 g/mol. The summed E-state index contributed by atoms with van der Waals surface area (Å²) < 4.78 is 17.2. The summed E-state index contributed by atoms with van der Waals surface area (Å²) in [4.78, 5) is 23.1. The lowest BCUT2D eigenvalue weighted by Gasteiger charge is -2.20. The molecule has 0 atom stereocenters. The molecule has 2 aliphatic rings. The Bertz CT molecular complexity index is 1360. The maximum atomic E-state index is 15.5. The monoisotopic (exact) mass is 413 g/mol. The van der Waals surface area contributed by atoms with E-state index in [0.29, 0.717) is 29.2 Å². The SMILES string of the molecule is Cn1cc2c(-c3cc(F)c(CN4Cc5ncccc5C4=O)c(C4CC4)c3)ccnc2n1. The van der Waals surface area contributed by atoms with Gasteiger partial charge in [-0.2, -0.15) is 5.10 Å². The van der Waals surface area contributed by atoms with Crippen LogP contribution in [0.2, 0.25) is 0 Å². The van der Waals surface area contributed by atoms with E-state index in [-0.39, 0.29) is 18.3 Å². The molecule has 1 aliphatic heterocycles. The van der Waals surface area contributed by atoms with Crippen molar-refractivity contribution in [3.63, 3.8) is 0 Å². The Labute approximate surface area is 178 Å². The molecule has 7 heteroatoms. The predicted molar refractivity (Wildman–Crippen MR) is 114 cm³/mol. The summed E-state index contributed by atoms with van der Waals surface area (Å²) >= 11 is 0. The van der Waals surface area contributed by atoms with Crippen molar-refractivity contribution in [3.05, 3.63) is 77.1 Å². The average Bonchev–Trinajstić information content (AvgIpc) is 3.46. The number of pyridine rings is 2. The number of benzene rings is 1. The number of carbonyl (C=O) groups is 1. The second kappa shape index (κ2) is 6.70. The van der Waals surface area contributed by atoms with Crippen molar-refractivity contribution < 1.29 is 9.18 Å². The minimum atomic E-state index is -0.273. The molecule has 0 radical (unpaired) electrons. The van der Waals surface area contributed by atoms with Crippen molar-refractivity contribution in [1.82, 2.24) is 24.6 Å². The maximum Gasteiger partial charge on any atom is 0.256 e. The van der Waals surface area contributed by atoms with Crippen molar-refractivity contribution in [3.8, 4) is 11.1 Å². The third kappa shape index (κ3) is 3.00. The fourth-order valence-electron chi connectivity index (χ4n) is 4.52. The zero-order valence-corrected chi connectivity index (χ0v) is 17.0. The van der Waals surface area contributed by atoms with Crippen LogP contribution < -0.4 is 0 Å². The van der Waals surface area contributed by atoms with Crippen LogP contribution >= 0.6 is 0 Å². The van der Waals surface area contributed by atoms with Crippen molar-refractivity contribution in [2.75, 3.05) is 0 Å². The van der Waals surface area contributed by atoms with E-state index in [1.165, 1.54) is 0 Å². The number of aromatic nitrogens is 4. The summed E-state index contributed by atoms with van der Waals surface area (Å²) in [5.74, 6) is -0.0154. The number of rotatable bonds is 4. The smallest absolute Gasteiger partial charge is 0.256 e. The number of aryl methyl sites for hydroxylation is 1. The van der Waals surface area contributed by atoms with Gasteiger partial charge in [-0.3, -0.25) is 14.5 Å². The van der Waals surface area contributed by atoms with Crippen LogP contribution in [0.1, 0.15) is 45.9 Å². The first-order valence-electron chi connectivity index (χ1n) is 10.4. The molecule has 1 fully saturated rings. The molecule has 1 aliphatic carbocycles. The van der Waals surface area contributed by atoms with Gasteiger partial charge in [0.25, 0.3) is 5.91 Å². The van der Waals surface area contributed by atoms with E-state index in [1.807, 2.05) is 19.3 Å². The number of carbonyl (C=O) groups excluding carboxylic acids is 1. The van der Waals surface area contributed by atoms with E-state index >= 15 is 4.39 Å². The van der Waals surface area contributed by atoms with Crippen molar-refractivity contribution in [2.45, 2.75) is 31.8 Å². The lowest BCUT2D eigenvalue weighted by molar-refractivity contribution is 0.0764. The highest BCUT2D eigenvalue weighted by atomic mass is 19.1. The lowest BCUT2D eigenvalue weighted by Crippen LogP contribution is -2.24. The molecule has 0 spiro atoms. The first kappa shape index (κ1) is 18.2. The van der Waals surface area contributed by atoms with Gasteiger partial charge in [-0.15, -0.1) is 0 Å². The first-order valence-corrected chi connectivity index (χ1v) is 10.4. The number of amides is 1. The van der Waals surface area contributed by atoms with E-state index < -0.39 is 0 Å². The zero-order chi connectivity index (χ0) is 21.1. The van der Waals surface area contributed by atoms with E-state index in [2.05, 4.69) is 21.1 Å². The minimum Gasteiger partial charge on any atom is -0.328 e. The fraction of sp³-hybridized carbons (Fsp3) is 0.250. The molecular weight excluding hydrogens is 393 g/mol. The molecule has 0 unspecified atom stereocenters. The van der Waals surface area contributed by atoms with Crippen LogP contribution in [-0.2, 0) is 20.1 Å². The number of hydrogen-bond donors (Lipinski definition) is 0. The Morgan fingerprint density at radius 2 is 2.00 bits per heavy atom. The lowest BCUT2D eigenvalue weighted by atomic mass is 9.95. The van der Waals surface area contributed by atoms with Crippen LogP contribution in [0, 0.1) is 5.82 Å². The summed E-state index contributed by atoms with van der Waals surface area (Å²) in [7, 11) is 1.85. The topological polar surface area (TPSA) is 63.9 Å². The summed E-state index contributed by atoms with van der Waals surface area (Å²) in [6, 6.07) is 9.12. The molecular formula is C24H20FN5O. The molecule has 0 N–H and O–H groups in total. The summed E-state index contributed by atoms with van der Waals surface area (Å²) in [5, 5.41) is 5.27. The van der Waals surface area contributed by atoms with Crippen LogP contribution in [0.3, 0.4) is 0 Å². The first-order chi connectivity index (χ1) is 15.1. The van der Waals surface area contributed by atoms with Gasteiger partial charge in [0, 0.05) is 43.1 Å². The molecule has 1 saturated carbocycles. The zero-order valence-electron chi connectivity index (χ0n) is 17.0. The highest BCUT2D eigenvalue weighted by Gasteiger charge is 2.33. The van der Waals surface area contributed by atoms with Gasteiger partial charge < -0.3 is 4.90 Å². The van der Waals surface area contributed by atoms with Gasteiger partial charge in [0.2, 0.25) is 0 Å². The molecule has 6 rings (SSSR count). The molecule has 0 bridgehead atoms. The summed E-state index contributed by atoms with van der Waals surface area (Å²) in [6.45, 7) is 0.673. The van der Waals surface area contributed by atoms with Crippen molar-refractivity contribution in [2.24, 2.45) is 7.05 Å². The number of halogens is 1. The van der Waals surface area contributed by atoms with Crippen molar-refractivity contribution >= 4 is 16.9 Å². The molecule has 1 aromatic carbocycles. The van der Waals surface area contributed by atoms with E-state index in [4.69, 9.17) is 0 Å². The van der Waals surface area contributed by atoms with Crippen molar-refractivity contribution in [1.29, 1.82) is 0 Å². The standard InChI is InChI=1S/C24H20FN5O/c1-29-11-20-16(6-8-27-23(20)28-29)15-9-18(14-4-5-14)19(21(25)10-15)12-30-13-22-17(24(30)31)3-2-7-26-22/h2-3,6-11,14H,4-5,12-13H2,1H3. The normalized spacial score (nSPS) is 15.7. The third-order valence-corrected chi connectivity index (χ3v) is 6.19. The molecule has 0 saturated heterocycles. The predicted octanol–water partition coefficient (Wildman–Crippen LogP) is 4.20. The van der Waals surface area contributed by atoms with E-state index in [1.54, 1.807) is 40.2 Å². The Morgan fingerprint density at radius 1 is 1.13 bits per heavy atom. The molecule has 4 aromatic rings. The molecule has 6 nitrogen and oxygen atoms in total. The number of nitrogens with zero attached hydrogens (tertiary/aromatic N) is 5. The van der Waals surface area contributed by atoms with Gasteiger partial charge in [0.15, 0.2) is 5.65 Å². The largest absolute Gasteiger partial charge is 0.328 e. The van der Waals surface area contributed by atoms with Crippen LogP contribution in [0.5, 0.6) is 0 Å².